The molecule has 0 spiro atoms. The molecule has 0 heterocycles. The van der Waals surface area contributed by atoms with Crippen molar-refractivity contribution in [2.24, 2.45) is 0 Å². The Morgan fingerprint density at radius 2 is 1.15 bits per heavy atom. The van der Waals surface area contributed by atoms with Crippen LogP contribution >= 0.6 is 0 Å². The summed E-state index contributed by atoms with van der Waals surface area (Å²) in [5.41, 5.74) is 0.921. The molecule has 0 saturated carbocycles. The van der Waals surface area contributed by atoms with E-state index in [4.69, 9.17) is 10.2 Å². The van der Waals surface area contributed by atoms with Gasteiger partial charge in [0.25, 0.3) is 11.8 Å². The summed E-state index contributed by atoms with van der Waals surface area (Å²) in [5, 5.41) is 17.6. The number of carbonyl (C=O) groups excluding carboxylic acids is 2. The van der Waals surface area contributed by atoms with Gasteiger partial charge in [0.05, 0.1) is 13.2 Å². The van der Waals surface area contributed by atoms with Crippen molar-refractivity contribution in [3.05, 3.63) is 35.4 Å². The maximum atomic E-state index is 11.9. The van der Waals surface area contributed by atoms with Gasteiger partial charge in [0.15, 0.2) is 0 Å². The number of likely N-dealkylation sites (N-methyl/N-ethyl adjacent to an activating group) is 2. The maximum Gasteiger partial charge on any atom is 0.253 e. The highest BCUT2D eigenvalue weighted by Gasteiger charge is 2.14. The fourth-order valence-electron chi connectivity index (χ4n) is 1.70. The predicted octanol–water partition coefficient (Wildman–Crippen LogP) is -0.185. The molecule has 0 unspecified atom stereocenters. The fourth-order valence-corrected chi connectivity index (χ4v) is 1.70. The minimum atomic E-state index is -0.207. The van der Waals surface area contributed by atoms with E-state index in [9.17, 15) is 9.59 Å². The highest BCUT2D eigenvalue weighted by Crippen LogP contribution is 2.09. The van der Waals surface area contributed by atoms with Crippen LogP contribution in [-0.2, 0) is 0 Å². The van der Waals surface area contributed by atoms with Crippen LogP contribution in [0.15, 0.2) is 24.3 Å². The zero-order chi connectivity index (χ0) is 15.1. The normalized spacial score (nSPS) is 10.2. The van der Waals surface area contributed by atoms with Gasteiger partial charge >= 0.3 is 0 Å². The Bertz CT molecular complexity index is 416. The second-order valence-electron chi connectivity index (χ2n) is 4.48. The Kier molecular flexibility index (Phi) is 6.14. The van der Waals surface area contributed by atoms with Crippen molar-refractivity contribution in [1.82, 2.24) is 9.80 Å². The van der Waals surface area contributed by atoms with E-state index < -0.39 is 0 Å². The number of carbonyl (C=O) groups is 2. The summed E-state index contributed by atoms with van der Waals surface area (Å²) in [6.45, 7) is 0.340. The average Bonchev–Trinajstić information content (AvgIpc) is 2.46. The Morgan fingerprint density at radius 1 is 0.850 bits per heavy atom. The number of hydrogen-bond donors (Lipinski definition) is 2. The first-order valence-electron chi connectivity index (χ1n) is 6.34. The molecule has 0 aromatic heterocycles. The zero-order valence-corrected chi connectivity index (χ0v) is 11.7. The molecule has 0 aliphatic heterocycles. The Hall–Kier alpha value is -1.92. The van der Waals surface area contributed by atoms with Crippen LogP contribution in [0.2, 0.25) is 0 Å². The number of nitrogens with zero attached hydrogens (tertiary/aromatic N) is 2. The lowest BCUT2D eigenvalue weighted by molar-refractivity contribution is 0.0756. The third-order valence-electron chi connectivity index (χ3n) is 2.94. The van der Waals surface area contributed by atoms with Gasteiger partial charge in [-0.1, -0.05) is 0 Å². The van der Waals surface area contributed by atoms with Gasteiger partial charge in [-0.05, 0) is 24.3 Å². The van der Waals surface area contributed by atoms with Crippen molar-refractivity contribution in [1.29, 1.82) is 0 Å². The molecule has 6 heteroatoms. The number of amides is 2. The van der Waals surface area contributed by atoms with Crippen molar-refractivity contribution in [2.75, 3.05) is 40.4 Å². The van der Waals surface area contributed by atoms with E-state index in [2.05, 4.69) is 0 Å². The van der Waals surface area contributed by atoms with Gasteiger partial charge in [-0.25, -0.2) is 0 Å². The first-order chi connectivity index (χ1) is 9.51. The minimum Gasteiger partial charge on any atom is -0.395 e. The van der Waals surface area contributed by atoms with Crippen molar-refractivity contribution >= 4 is 11.8 Å². The SMILES string of the molecule is CN(CCO)C(=O)c1ccc(C(=O)N(C)CCO)cc1. The lowest BCUT2D eigenvalue weighted by Crippen LogP contribution is -2.30. The van der Waals surface area contributed by atoms with E-state index in [-0.39, 0.29) is 38.1 Å². The highest BCUT2D eigenvalue weighted by atomic mass is 16.3. The van der Waals surface area contributed by atoms with E-state index in [1.54, 1.807) is 38.4 Å². The fraction of sp³-hybridized carbons (Fsp3) is 0.429. The van der Waals surface area contributed by atoms with Crippen molar-refractivity contribution in [3.8, 4) is 0 Å². The van der Waals surface area contributed by atoms with Gasteiger partial charge in [0.2, 0.25) is 0 Å². The zero-order valence-electron chi connectivity index (χ0n) is 11.7. The molecule has 20 heavy (non-hydrogen) atoms. The maximum absolute atomic E-state index is 11.9. The average molecular weight is 280 g/mol. The molecule has 2 N–H and O–H groups in total. The largest absolute Gasteiger partial charge is 0.395 e. The topological polar surface area (TPSA) is 81.1 Å². The van der Waals surface area contributed by atoms with Gasteiger partial charge in [-0.3, -0.25) is 9.59 Å². The van der Waals surface area contributed by atoms with Crippen LogP contribution < -0.4 is 0 Å². The van der Waals surface area contributed by atoms with Crippen molar-refractivity contribution in [2.45, 2.75) is 0 Å². The van der Waals surface area contributed by atoms with Gasteiger partial charge in [0.1, 0.15) is 0 Å². The summed E-state index contributed by atoms with van der Waals surface area (Å²) in [5.74, 6) is -0.413. The molecule has 0 fully saturated rings. The molecule has 0 bridgehead atoms. The van der Waals surface area contributed by atoms with E-state index in [0.29, 0.717) is 11.1 Å². The summed E-state index contributed by atoms with van der Waals surface area (Å²) in [6, 6.07) is 6.32. The van der Waals surface area contributed by atoms with Crippen molar-refractivity contribution in [3.63, 3.8) is 0 Å². The monoisotopic (exact) mass is 280 g/mol. The second-order valence-corrected chi connectivity index (χ2v) is 4.48. The van der Waals surface area contributed by atoms with Gasteiger partial charge < -0.3 is 20.0 Å². The van der Waals surface area contributed by atoms with Crippen LogP contribution in [-0.4, -0.2) is 72.2 Å². The van der Waals surface area contributed by atoms with E-state index in [1.807, 2.05) is 0 Å². The van der Waals surface area contributed by atoms with Crippen LogP contribution in [0, 0.1) is 0 Å². The molecule has 2 amide bonds. The molecule has 0 aliphatic rings. The molecule has 0 atom stereocenters. The number of rotatable bonds is 6. The summed E-state index contributed by atoms with van der Waals surface area (Å²) < 4.78 is 0. The summed E-state index contributed by atoms with van der Waals surface area (Å²) >= 11 is 0. The first-order valence-corrected chi connectivity index (χ1v) is 6.34. The quantitative estimate of drug-likeness (QED) is 0.757. The Balaban J connectivity index is 2.78. The molecule has 0 aliphatic carbocycles. The number of aliphatic hydroxyl groups excluding tert-OH is 2. The highest BCUT2D eigenvalue weighted by molar-refractivity contribution is 5.97. The number of hydrogen-bond acceptors (Lipinski definition) is 4. The standard InChI is InChI=1S/C14H20N2O4/c1-15(7-9-17)13(19)11-3-5-12(6-4-11)14(20)16(2)8-10-18/h3-6,17-18H,7-10H2,1-2H3. The van der Waals surface area contributed by atoms with Crippen molar-refractivity contribution < 1.29 is 19.8 Å². The van der Waals surface area contributed by atoms with Crippen LogP contribution in [0.25, 0.3) is 0 Å². The molecule has 110 valence electrons. The molecular formula is C14H20N2O4. The summed E-state index contributed by atoms with van der Waals surface area (Å²) in [7, 11) is 3.21. The van der Waals surface area contributed by atoms with Gasteiger partial charge in [0, 0.05) is 38.3 Å². The van der Waals surface area contributed by atoms with Crippen LogP contribution in [0.4, 0.5) is 0 Å². The Morgan fingerprint density at radius 3 is 1.40 bits per heavy atom. The minimum absolute atomic E-state index is 0.0925. The van der Waals surface area contributed by atoms with Gasteiger partial charge in [-0.2, -0.15) is 0 Å². The molecule has 6 nitrogen and oxygen atoms in total. The van der Waals surface area contributed by atoms with Gasteiger partial charge in [-0.15, -0.1) is 0 Å². The second kappa shape index (κ2) is 7.62. The molecule has 1 rings (SSSR count). The molecule has 0 radical (unpaired) electrons. The third-order valence-corrected chi connectivity index (χ3v) is 2.94. The van der Waals surface area contributed by atoms with E-state index >= 15 is 0 Å². The third kappa shape index (κ3) is 4.04. The predicted molar refractivity (Wildman–Crippen MR) is 74.5 cm³/mol. The Labute approximate surface area is 118 Å². The number of benzene rings is 1. The smallest absolute Gasteiger partial charge is 0.253 e. The number of aliphatic hydroxyl groups is 2. The van der Waals surface area contributed by atoms with Crippen LogP contribution in [0.3, 0.4) is 0 Å². The lowest BCUT2D eigenvalue weighted by Gasteiger charge is -2.17. The van der Waals surface area contributed by atoms with E-state index in [1.165, 1.54) is 9.80 Å². The molecule has 0 saturated heterocycles. The van der Waals surface area contributed by atoms with E-state index in [0.717, 1.165) is 0 Å². The molecule has 1 aromatic carbocycles. The summed E-state index contributed by atoms with van der Waals surface area (Å²) in [4.78, 5) is 26.7. The van der Waals surface area contributed by atoms with Crippen LogP contribution in [0.5, 0.6) is 0 Å². The summed E-state index contributed by atoms with van der Waals surface area (Å²) in [6.07, 6.45) is 0. The molecule has 1 aromatic rings. The lowest BCUT2D eigenvalue weighted by atomic mass is 10.1. The molecular weight excluding hydrogens is 260 g/mol. The first kappa shape index (κ1) is 16.1. The van der Waals surface area contributed by atoms with Crippen LogP contribution in [0.1, 0.15) is 20.7 Å².